The molecule has 4 rings (SSSR count). The van der Waals surface area contributed by atoms with E-state index in [2.05, 4.69) is 15.4 Å². The van der Waals surface area contributed by atoms with Crippen molar-refractivity contribution in [1.82, 2.24) is 15.4 Å². The van der Waals surface area contributed by atoms with E-state index in [1.807, 2.05) is 0 Å². The van der Waals surface area contributed by atoms with E-state index in [0.717, 1.165) is 0 Å². The van der Waals surface area contributed by atoms with Gasteiger partial charge in [-0.25, -0.2) is 17.9 Å². The number of benzene rings is 3. The van der Waals surface area contributed by atoms with Gasteiger partial charge in [-0.05, 0) is 61.0 Å². The molecule has 33 heavy (non-hydrogen) atoms. The van der Waals surface area contributed by atoms with E-state index in [-0.39, 0.29) is 4.90 Å². The fourth-order valence-corrected chi connectivity index (χ4v) is 5.04. The Balaban J connectivity index is 1.56. The Morgan fingerprint density at radius 3 is 2.03 bits per heavy atom. The van der Waals surface area contributed by atoms with Crippen LogP contribution in [0.15, 0.2) is 83.8 Å². The Morgan fingerprint density at radius 2 is 1.48 bits per heavy atom. The van der Waals surface area contributed by atoms with Crippen LogP contribution in [-0.2, 0) is 20.4 Å². The minimum Gasteiger partial charge on any atom is -0.457 e. The summed E-state index contributed by atoms with van der Waals surface area (Å²) in [6.07, 6.45) is 0. The van der Waals surface area contributed by atoms with E-state index < -0.39 is 33.5 Å². The van der Waals surface area contributed by atoms with Crippen molar-refractivity contribution < 1.29 is 22.7 Å². The first-order valence-electron chi connectivity index (χ1n) is 9.96. The Bertz CT molecular complexity index is 1280. The molecule has 2 atom stereocenters. The third kappa shape index (κ3) is 4.56. The number of amides is 3. The molecule has 10 heteroatoms. The fraction of sp³-hybridized carbons (Fsp3) is 0.130. The molecule has 1 heterocycles. The van der Waals surface area contributed by atoms with Gasteiger partial charge in [0.2, 0.25) is 10.0 Å². The quantitative estimate of drug-likeness (QED) is 0.443. The molecule has 0 bridgehead atoms. The minimum atomic E-state index is -4.03. The van der Waals surface area contributed by atoms with Crippen molar-refractivity contribution in [2.24, 2.45) is 0 Å². The third-order valence-electron chi connectivity index (χ3n) is 5.29. The van der Waals surface area contributed by atoms with Crippen LogP contribution in [0.5, 0.6) is 11.5 Å². The minimum absolute atomic E-state index is 0.0225. The summed E-state index contributed by atoms with van der Waals surface area (Å²) < 4.78 is 34.3. The highest BCUT2D eigenvalue weighted by atomic mass is 35.5. The second-order valence-electron chi connectivity index (χ2n) is 7.45. The highest BCUT2D eigenvalue weighted by molar-refractivity contribution is 7.89. The van der Waals surface area contributed by atoms with Crippen LogP contribution >= 0.6 is 11.6 Å². The maximum atomic E-state index is 13.1. The van der Waals surface area contributed by atoms with Gasteiger partial charge >= 0.3 is 6.03 Å². The van der Waals surface area contributed by atoms with Crippen molar-refractivity contribution in [3.05, 3.63) is 89.4 Å². The molecule has 8 nitrogen and oxygen atoms in total. The van der Waals surface area contributed by atoms with E-state index in [0.29, 0.717) is 22.1 Å². The summed E-state index contributed by atoms with van der Waals surface area (Å²) in [5.41, 5.74) is -1.14. The molecular formula is C23H20ClN3O5S. The summed E-state index contributed by atoms with van der Waals surface area (Å²) >= 11 is 5.86. The number of hydrogen-bond acceptors (Lipinski definition) is 5. The summed E-state index contributed by atoms with van der Waals surface area (Å²) in [4.78, 5) is 24.7. The zero-order valence-corrected chi connectivity index (χ0v) is 19.0. The van der Waals surface area contributed by atoms with Crippen LogP contribution in [0.2, 0.25) is 5.02 Å². The Morgan fingerprint density at radius 1 is 0.909 bits per heavy atom. The Hall–Kier alpha value is -3.40. The lowest BCUT2D eigenvalue weighted by Gasteiger charge is -2.33. The molecule has 0 saturated carbocycles. The maximum Gasteiger partial charge on any atom is 0.322 e. The molecule has 1 fully saturated rings. The first-order valence-corrected chi connectivity index (χ1v) is 11.8. The summed E-state index contributed by atoms with van der Waals surface area (Å²) in [7, 11) is -4.03. The molecule has 3 amide bonds. The average molecular weight is 486 g/mol. The van der Waals surface area contributed by atoms with E-state index in [9.17, 15) is 18.0 Å². The first kappa shape index (κ1) is 22.8. The molecule has 3 aromatic carbocycles. The second-order valence-corrected chi connectivity index (χ2v) is 9.60. The fourth-order valence-electron chi connectivity index (χ4n) is 3.64. The summed E-state index contributed by atoms with van der Waals surface area (Å²) in [5.74, 6) is 0.350. The number of sulfonamides is 1. The molecule has 1 aliphatic rings. The number of hydrogen-bond donors (Lipinski definition) is 3. The zero-order valence-electron chi connectivity index (χ0n) is 17.4. The van der Waals surface area contributed by atoms with Crippen molar-refractivity contribution >= 4 is 33.6 Å². The summed E-state index contributed by atoms with van der Waals surface area (Å²) in [6, 6.07) is 19.3. The maximum absolute atomic E-state index is 13.1. The van der Waals surface area contributed by atoms with Gasteiger partial charge in [0.1, 0.15) is 11.5 Å². The van der Waals surface area contributed by atoms with Gasteiger partial charge < -0.3 is 10.1 Å². The van der Waals surface area contributed by atoms with Crippen LogP contribution in [0.3, 0.4) is 0 Å². The predicted molar refractivity (Wildman–Crippen MR) is 123 cm³/mol. The van der Waals surface area contributed by atoms with Crippen molar-refractivity contribution in [3.8, 4) is 11.5 Å². The molecule has 0 spiro atoms. The number of carbonyl (C=O) groups is 2. The Labute approximate surface area is 196 Å². The molecule has 0 aromatic heterocycles. The zero-order chi connectivity index (χ0) is 23.6. The van der Waals surface area contributed by atoms with Crippen LogP contribution < -0.4 is 20.1 Å². The van der Waals surface area contributed by atoms with Crippen LogP contribution in [0, 0.1) is 0 Å². The van der Waals surface area contributed by atoms with E-state index in [4.69, 9.17) is 16.3 Å². The Kier molecular flexibility index (Phi) is 6.11. The first-order chi connectivity index (χ1) is 15.7. The lowest BCUT2D eigenvalue weighted by atomic mass is 9.84. The smallest absolute Gasteiger partial charge is 0.322 e. The van der Waals surface area contributed by atoms with Gasteiger partial charge in [0.05, 0.1) is 10.9 Å². The highest BCUT2D eigenvalue weighted by Gasteiger charge is 2.52. The monoisotopic (exact) mass is 485 g/mol. The van der Waals surface area contributed by atoms with Crippen LogP contribution in [0.1, 0.15) is 12.5 Å². The molecule has 170 valence electrons. The molecule has 3 N–H and O–H groups in total. The number of carbonyl (C=O) groups excluding carboxylic acids is 2. The lowest BCUT2D eigenvalue weighted by Crippen LogP contribution is -2.58. The van der Waals surface area contributed by atoms with E-state index in [1.165, 1.54) is 31.2 Å². The van der Waals surface area contributed by atoms with Crippen molar-refractivity contribution in [1.29, 1.82) is 0 Å². The second kappa shape index (κ2) is 8.86. The van der Waals surface area contributed by atoms with Crippen molar-refractivity contribution in [2.75, 3.05) is 0 Å². The van der Waals surface area contributed by atoms with Crippen LogP contribution in [0.25, 0.3) is 0 Å². The van der Waals surface area contributed by atoms with Crippen LogP contribution in [-0.4, -0.2) is 26.4 Å². The van der Waals surface area contributed by atoms with Gasteiger partial charge in [-0.2, -0.15) is 0 Å². The third-order valence-corrected chi connectivity index (χ3v) is 7.10. The SMILES string of the molecule is C[C@@H](NS(=O)(=O)c1ccc(Oc2ccc(Cl)cc2)cc1)[C@@]1(c2ccccc2)NC(=O)NC1=O. The largest absolute Gasteiger partial charge is 0.457 e. The molecule has 1 saturated heterocycles. The number of ether oxygens (including phenoxy) is 1. The highest BCUT2D eigenvalue weighted by Crippen LogP contribution is 2.30. The van der Waals surface area contributed by atoms with Gasteiger partial charge in [0, 0.05) is 5.02 Å². The number of imide groups is 1. The molecule has 1 aliphatic heterocycles. The van der Waals surface area contributed by atoms with Crippen LogP contribution in [0.4, 0.5) is 4.79 Å². The molecule has 0 radical (unpaired) electrons. The number of urea groups is 1. The van der Waals surface area contributed by atoms with Crippen molar-refractivity contribution in [2.45, 2.75) is 23.4 Å². The molecule has 0 aliphatic carbocycles. The van der Waals surface area contributed by atoms with Gasteiger partial charge in [0.15, 0.2) is 5.54 Å². The average Bonchev–Trinajstić information content (AvgIpc) is 3.11. The van der Waals surface area contributed by atoms with E-state index in [1.54, 1.807) is 54.6 Å². The van der Waals surface area contributed by atoms with Crippen molar-refractivity contribution in [3.63, 3.8) is 0 Å². The molecule has 3 aromatic rings. The van der Waals surface area contributed by atoms with E-state index >= 15 is 0 Å². The van der Waals surface area contributed by atoms with Gasteiger partial charge in [-0.1, -0.05) is 41.9 Å². The van der Waals surface area contributed by atoms with Gasteiger partial charge in [0.25, 0.3) is 5.91 Å². The topological polar surface area (TPSA) is 114 Å². The lowest BCUT2D eigenvalue weighted by molar-refractivity contribution is -0.125. The normalized spacial score (nSPS) is 19.0. The standard InChI is InChI=1S/C23H20ClN3O5S/c1-15(23(16-5-3-2-4-6-16)21(28)25-22(29)26-23)27-33(30,31)20-13-11-19(12-14-20)32-18-9-7-17(24)8-10-18/h2-15,27H,1H3,(H2,25,26,28,29)/t15-,23+/m1/s1. The molecule has 0 unspecified atom stereocenters. The summed E-state index contributed by atoms with van der Waals surface area (Å²) in [5, 5.41) is 5.36. The number of rotatable bonds is 7. The number of nitrogens with one attached hydrogen (secondary N) is 3. The van der Waals surface area contributed by atoms with Gasteiger partial charge in [-0.3, -0.25) is 10.1 Å². The molecular weight excluding hydrogens is 466 g/mol. The summed E-state index contributed by atoms with van der Waals surface area (Å²) in [6.45, 7) is 1.52. The predicted octanol–water partition coefficient (Wildman–Crippen LogP) is 3.53. The van der Waals surface area contributed by atoms with Gasteiger partial charge in [-0.15, -0.1) is 0 Å². The number of halogens is 1.